The molecule has 7 saturated heterocycles. The summed E-state index contributed by atoms with van der Waals surface area (Å²) in [4.78, 5) is 53.0. The van der Waals surface area contributed by atoms with Crippen molar-refractivity contribution < 1.29 is 198 Å². The Morgan fingerprint density at radius 1 is 0.397 bits per heavy atom. The molecule has 7 heterocycles. The highest BCUT2D eigenvalue weighted by molar-refractivity contribution is 5.77. The zero-order valence-corrected chi connectivity index (χ0v) is 79.8. The number of nitrogens with one attached hydrogen (secondary N) is 3. The summed E-state index contributed by atoms with van der Waals surface area (Å²) in [5.41, 5.74) is 0. The molecule has 0 aromatic rings. The maximum atomic E-state index is 13.7. The Labute approximate surface area is 797 Å². The summed E-state index contributed by atoms with van der Waals surface area (Å²) in [5.74, 6) is -7.68. The molecule has 7 aliphatic rings. The molecule has 0 aromatic carbocycles. The highest BCUT2D eigenvalue weighted by Gasteiger charge is 2.63. The number of unbranched alkanes of at least 4 members (excludes halogenated alkanes) is 33. The number of aliphatic hydroxyl groups is 21. The van der Waals surface area contributed by atoms with Crippen LogP contribution in [0.4, 0.5) is 0 Å². The lowest BCUT2D eigenvalue weighted by molar-refractivity contribution is -0.401. The second kappa shape index (κ2) is 62.8. The number of rotatable bonds is 65. The van der Waals surface area contributed by atoms with Crippen molar-refractivity contribution in [3.8, 4) is 0 Å². The molecular weight excluding hydrogens is 1800 g/mol. The minimum Gasteiger partial charge on any atom is -0.477 e. The van der Waals surface area contributed by atoms with Crippen molar-refractivity contribution in [3.63, 3.8) is 0 Å². The van der Waals surface area contributed by atoms with Crippen molar-refractivity contribution in [3.05, 3.63) is 12.2 Å². The van der Waals surface area contributed by atoms with Crippen LogP contribution in [-0.4, -0.2) is 415 Å². The Kier molecular flexibility index (Phi) is 55.0. The highest BCUT2D eigenvalue weighted by Crippen LogP contribution is 2.42. The molecule has 7 fully saturated rings. The molecule has 0 radical (unpaired) electrons. The van der Waals surface area contributed by atoms with Crippen molar-refractivity contribution in [2.45, 2.75) is 505 Å². The minimum absolute atomic E-state index is 0.146. The van der Waals surface area contributed by atoms with E-state index in [1.54, 1.807) is 6.08 Å². The molecule has 3 amide bonds. The first-order chi connectivity index (χ1) is 65.2. The van der Waals surface area contributed by atoms with E-state index in [1.165, 1.54) is 161 Å². The van der Waals surface area contributed by atoms with Gasteiger partial charge in [0.2, 0.25) is 17.7 Å². The number of carbonyl (C=O) groups is 4. The number of amides is 3. The quantitative estimate of drug-likeness (QED) is 0.0250. The van der Waals surface area contributed by atoms with Gasteiger partial charge in [0.1, 0.15) is 159 Å². The number of allylic oxidation sites excluding steroid dienone is 1. The molecule has 38 atom stereocenters. The molecule has 0 aromatic heterocycles. The molecule has 0 bridgehead atoms. The smallest absolute Gasteiger partial charge is 0.364 e. The van der Waals surface area contributed by atoms with Gasteiger partial charge in [-0.15, -0.1) is 0 Å². The van der Waals surface area contributed by atoms with Crippen LogP contribution in [0.1, 0.15) is 272 Å². The topological polar surface area (TPSA) is 679 Å². The van der Waals surface area contributed by atoms with Crippen molar-refractivity contribution >= 4 is 23.7 Å². The SMILES string of the molecule is CCCCCCCCCCCCC/C=C/[C@@H](O)[C@H](CO[C@@H]1OC(CO)[C@@H](O[C@@H]2OC(CO)[C@H](O)[C@H](O[C@H]3OC(CO)[C@H](O)[C@H](O[C@@H]4OC(CO)[C@@H](O[C@@H]5OC(CO)[C@H](O)[C@H](O[C@]6(C(=O)O)CC(O)[C@@H](NC(C)=O)C([C@H](O)[C@H](O)CO)O6)C5O)[C@H](O[C@H]5OC(C)[C@@H](O)C(O)[C@@H]5O)C4NC(C)=O)C3O)C2O)[C@H](O)C1O)NC(=O)CCCCCCCCCCCCCCCCCCCCCCCCC. The number of hydrogen-bond donors (Lipinski definition) is 25. The van der Waals surface area contributed by atoms with Crippen molar-refractivity contribution in [1.29, 1.82) is 0 Å². The molecule has 0 spiro atoms. The van der Waals surface area contributed by atoms with Gasteiger partial charge in [0.15, 0.2) is 37.7 Å². The van der Waals surface area contributed by atoms with Gasteiger partial charge in [0.25, 0.3) is 5.79 Å². The second-order valence-electron chi connectivity index (χ2n) is 37.7. The number of ether oxygens (including phenoxy) is 14. The predicted octanol–water partition coefficient (Wildman–Crippen LogP) is -1.25. The van der Waals surface area contributed by atoms with Crippen LogP contribution in [-0.2, 0) is 85.5 Å². The van der Waals surface area contributed by atoms with Gasteiger partial charge in [0, 0.05) is 26.7 Å². The Bertz CT molecular complexity index is 3300. The van der Waals surface area contributed by atoms with E-state index in [4.69, 9.17) is 66.3 Å². The highest BCUT2D eigenvalue weighted by atomic mass is 16.8. The summed E-state index contributed by atoms with van der Waals surface area (Å²) in [6, 6.07) is -4.90. The van der Waals surface area contributed by atoms with Gasteiger partial charge in [-0.2, -0.15) is 0 Å². The van der Waals surface area contributed by atoms with Gasteiger partial charge < -0.3 is 195 Å². The molecule has 0 saturated carbocycles. The summed E-state index contributed by atoms with van der Waals surface area (Å²) in [7, 11) is 0. The van der Waals surface area contributed by atoms with E-state index in [0.717, 1.165) is 71.6 Å². The first-order valence-corrected chi connectivity index (χ1v) is 50.0. The van der Waals surface area contributed by atoms with Gasteiger partial charge in [0.05, 0.1) is 76.6 Å². The third-order valence-electron chi connectivity index (χ3n) is 26.8. The Morgan fingerprint density at radius 3 is 1.21 bits per heavy atom. The predicted molar refractivity (Wildman–Crippen MR) is 479 cm³/mol. The Morgan fingerprint density at radius 2 is 0.765 bits per heavy atom. The third-order valence-corrected chi connectivity index (χ3v) is 26.8. The molecule has 25 N–H and O–H groups in total. The van der Waals surface area contributed by atoms with Crippen LogP contribution in [0.25, 0.3) is 0 Å². The summed E-state index contributed by atoms with van der Waals surface area (Å²) in [6.45, 7) is 0.199. The summed E-state index contributed by atoms with van der Waals surface area (Å²) < 4.78 is 84.0. The van der Waals surface area contributed by atoms with E-state index < -0.39 is 303 Å². The van der Waals surface area contributed by atoms with Gasteiger partial charge in [-0.1, -0.05) is 231 Å². The monoisotopic (exact) mass is 1970 g/mol. The lowest BCUT2D eigenvalue weighted by Gasteiger charge is -2.52. The van der Waals surface area contributed by atoms with Gasteiger partial charge in [-0.05, 0) is 26.2 Å². The number of aliphatic carboxylic acids is 1. The van der Waals surface area contributed by atoms with Crippen LogP contribution in [0.2, 0.25) is 0 Å². The van der Waals surface area contributed by atoms with E-state index in [0.29, 0.717) is 12.8 Å². The van der Waals surface area contributed by atoms with Crippen LogP contribution in [0.3, 0.4) is 0 Å². The van der Waals surface area contributed by atoms with Crippen LogP contribution in [0.15, 0.2) is 12.2 Å². The fraction of sp³-hybridized carbons (Fsp3) is 0.935. The molecule has 43 nitrogen and oxygen atoms in total. The number of hydrogen-bond acceptors (Lipinski definition) is 39. The molecule has 43 heteroatoms. The number of carboxylic acid groups (broad SMARTS) is 1. The van der Waals surface area contributed by atoms with Crippen molar-refractivity contribution in [2.75, 3.05) is 46.2 Å². The molecule has 794 valence electrons. The molecule has 7 rings (SSSR count). The van der Waals surface area contributed by atoms with E-state index in [1.807, 2.05) is 6.08 Å². The average molecular weight is 1970 g/mol. The van der Waals surface area contributed by atoms with Gasteiger partial charge in [-0.3, -0.25) is 14.4 Å². The fourth-order valence-electron chi connectivity index (χ4n) is 18.6. The largest absolute Gasteiger partial charge is 0.477 e. The maximum Gasteiger partial charge on any atom is 0.364 e. The molecular formula is C93H167N3O40. The Balaban J connectivity index is 1.02. The van der Waals surface area contributed by atoms with Crippen molar-refractivity contribution in [2.24, 2.45) is 0 Å². The van der Waals surface area contributed by atoms with E-state index >= 15 is 0 Å². The van der Waals surface area contributed by atoms with Crippen LogP contribution >= 0.6 is 0 Å². The number of carboxylic acids is 1. The van der Waals surface area contributed by atoms with E-state index in [2.05, 4.69) is 29.8 Å². The summed E-state index contributed by atoms with van der Waals surface area (Å²) >= 11 is 0. The van der Waals surface area contributed by atoms with E-state index in [-0.39, 0.29) is 12.3 Å². The third kappa shape index (κ3) is 35.9. The van der Waals surface area contributed by atoms with Crippen molar-refractivity contribution in [1.82, 2.24) is 16.0 Å². The van der Waals surface area contributed by atoms with E-state index in [9.17, 15) is 132 Å². The first-order valence-electron chi connectivity index (χ1n) is 50.0. The van der Waals surface area contributed by atoms with Crippen LogP contribution < -0.4 is 16.0 Å². The first kappa shape index (κ1) is 119. The number of aliphatic hydroxyl groups excluding tert-OH is 21. The molecule has 136 heavy (non-hydrogen) atoms. The lowest BCUT2D eigenvalue weighted by Crippen LogP contribution is -2.72. The number of carbonyl (C=O) groups excluding carboxylic acids is 3. The maximum absolute atomic E-state index is 13.7. The molecule has 0 aliphatic carbocycles. The zero-order valence-electron chi connectivity index (χ0n) is 79.8. The second-order valence-corrected chi connectivity index (χ2v) is 37.7. The fourth-order valence-corrected chi connectivity index (χ4v) is 18.6. The summed E-state index contributed by atoms with van der Waals surface area (Å²) in [5, 5.41) is 256. The van der Waals surface area contributed by atoms with Crippen LogP contribution in [0.5, 0.6) is 0 Å². The average Bonchev–Trinajstić information content (AvgIpc) is 0.758. The van der Waals surface area contributed by atoms with Gasteiger partial charge >= 0.3 is 5.97 Å². The standard InChI is InChI=1S/C93H167N3O40/c1-6-8-10-12-14-16-18-20-21-22-23-24-25-26-27-28-29-31-33-35-37-39-41-43-64(108)96-55(56(105)42-40-38-36-34-32-30-19-17-15-13-11-9-7-2)51-123-87-75(117)73(115)79(62(49-101)129-87)130-89-77(119)84(70(112)60(47-99)125-89)134-90-76(118)83(69(111)59(46-98)126-90)133-86-66(95-54(5)104)82(132-88-74(116)72(114)67(109)52(3)124-88)80(63(50-102)128-86)131-91-78(120)85(71(113)61(48-100)127-91)136-93(92(121)122)44-57(106)65(94-53(4)103)81(135-93)68(110)58(107)45-97/h40,42,52,55-63,65-91,97-102,105-107,109-120H,6-39,41,43-51H2,1-5H3,(H,94,103)(H,95,104)(H,96,108)(H,121,122)/b42-40+/t52?,55-,56+,57?,58+,59?,60?,61?,62?,63?,65+,66?,67+,68+,69-,70-,71-,72?,73+,74-,75?,76?,77?,78?,79+,80+,81?,82+,83-,84-,85-,86-,87+,88+,89-,90+,91-,93-/m0/s1. The molecule has 14 unspecified atom stereocenters. The van der Waals surface area contributed by atoms with Crippen LogP contribution in [0, 0.1) is 0 Å². The van der Waals surface area contributed by atoms with Gasteiger partial charge in [-0.25, -0.2) is 4.79 Å². The Hall–Kier alpha value is -3.78. The zero-order chi connectivity index (χ0) is 99.7. The summed E-state index contributed by atoms with van der Waals surface area (Å²) in [6.07, 6.45) is -27.2. The minimum atomic E-state index is -3.31. The lowest BCUT2D eigenvalue weighted by atomic mass is 9.88. The normalized spacial score (nSPS) is 36.6. The molecule has 7 aliphatic heterocycles.